The van der Waals surface area contributed by atoms with Crippen molar-refractivity contribution >= 4 is 34.6 Å². The molecule has 2 aromatic carbocycles. The topological polar surface area (TPSA) is 29.3 Å². The molecule has 0 radical (unpaired) electrons. The zero-order chi connectivity index (χ0) is 13.1. The minimum Gasteiger partial charge on any atom is -0.396 e. The maximum atomic E-state index is 6.01. The molecule has 0 saturated heterocycles. The Labute approximate surface area is 117 Å². The molecule has 2 N–H and O–H groups in total. The number of anilines is 2. The van der Waals surface area contributed by atoms with E-state index in [1.54, 1.807) is 6.07 Å². The SMILES string of the molecule is CN(Cc1ccc(Cl)cc1)c1cccc(Cl)c1N. The van der Waals surface area contributed by atoms with Crippen molar-refractivity contribution < 1.29 is 0 Å². The Kier molecular flexibility index (Phi) is 4.00. The fourth-order valence-electron chi connectivity index (χ4n) is 1.81. The van der Waals surface area contributed by atoms with E-state index in [2.05, 4.69) is 4.90 Å². The summed E-state index contributed by atoms with van der Waals surface area (Å²) < 4.78 is 0. The number of hydrogen-bond acceptors (Lipinski definition) is 2. The Balaban J connectivity index is 2.19. The molecule has 0 atom stereocenters. The number of nitrogens with zero attached hydrogens (tertiary/aromatic N) is 1. The van der Waals surface area contributed by atoms with Crippen molar-refractivity contribution in [1.29, 1.82) is 0 Å². The van der Waals surface area contributed by atoms with Crippen LogP contribution in [0.2, 0.25) is 10.0 Å². The van der Waals surface area contributed by atoms with Gasteiger partial charge in [-0.1, -0.05) is 41.4 Å². The monoisotopic (exact) mass is 280 g/mol. The first-order valence-corrected chi connectivity index (χ1v) is 6.33. The highest BCUT2D eigenvalue weighted by Gasteiger charge is 2.08. The number of para-hydroxylation sites is 1. The first-order valence-electron chi connectivity index (χ1n) is 5.57. The van der Waals surface area contributed by atoms with Gasteiger partial charge in [0.05, 0.1) is 16.4 Å². The molecule has 2 rings (SSSR count). The van der Waals surface area contributed by atoms with Crippen molar-refractivity contribution in [1.82, 2.24) is 0 Å². The third kappa shape index (κ3) is 2.89. The van der Waals surface area contributed by atoms with E-state index in [1.807, 2.05) is 43.4 Å². The van der Waals surface area contributed by atoms with E-state index in [4.69, 9.17) is 28.9 Å². The zero-order valence-electron chi connectivity index (χ0n) is 10.0. The van der Waals surface area contributed by atoms with E-state index in [1.165, 1.54) is 5.56 Å². The van der Waals surface area contributed by atoms with E-state index in [0.717, 1.165) is 17.3 Å². The molecule has 0 saturated carbocycles. The highest BCUT2D eigenvalue weighted by atomic mass is 35.5. The molecule has 0 spiro atoms. The van der Waals surface area contributed by atoms with E-state index >= 15 is 0 Å². The Morgan fingerprint density at radius 2 is 1.72 bits per heavy atom. The lowest BCUT2D eigenvalue weighted by molar-refractivity contribution is 0.925. The molecule has 0 aliphatic rings. The molecule has 2 nitrogen and oxygen atoms in total. The fraction of sp³-hybridized carbons (Fsp3) is 0.143. The van der Waals surface area contributed by atoms with Crippen LogP contribution in [-0.4, -0.2) is 7.05 Å². The van der Waals surface area contributed by atoms with Gasteiger partial charge in [0.2, 0.25) is 0 Å². The average Bonchev–Trinajstić information content (AvgIpc) is 2.35. The molecule has 0 heterocycles. The van der Waals surface area contributed by atoms with Crippen molar-refractivity contribution in [3.63, 3.8) is 0 Å². The average molecular weight is 281 g/mol. The number of rotatable bonds is 3. The van der Waals surface area contributed by atoms with Crippen LogP contribution in [0.5, 0.6) is 0 Å². The summed E-state index contributed by atoms with van der Waals surface area (Å²) in [4.78, 5) is 2.06. The molecule has 0 fully saturated rings. The normalized spacial score (nSPS) is 10.4. The van der Waals surface area contributed by atoms with E-state index in [9.17, 15) is 0 Å². The number of halogens is 2. The fourth-order valence-corrected chi connectivity index (χ4v) is 2.10. The summed E-state index contributed by atoms with van der Waals surface area (Å²) in [6, 6.07) is 13.4. The van der Waals surface area contributed by atoms with Gasteiger partial charge in [-0.3, -0.25) is 0 Å². The van der Waals surface area contributed by atoms with Crippen LogP contribution in [-0.2, 0) is 6.54 Å². The van der Waals surface area contributed by atoms with Crippen LogP contribution >= 0.6 is 23.2 Å². The third-order valence-corrected chi connectivity index (χ3v) is 3.36. The van der Waals surface area contributed by atoms with Crippen molar-refractivity contribution in [3.8, 4) is 0 Å². The minimum absolute atomic E-state index is 0.579. The maximum Gasteiger partial charge on any atom is 0.0741 e. The summed E-state index contributed by atoms with van der Waals surface area (Å²) >= 11 is 11.9. The van der Waals surface area contributed by atoms with Gasteiger partial charge in [0.1, 0.15) is 0 Å². The highest BCUT2D eigenvalue weighted by molar-refractivity contribution is 6.33. The van der Waals surface area contributed by atoms with E-state index < -0.39 is 0 Å². The molecule has 0 amide bonds. The van der Waals surface area contributed by atoms with Gasteiger partial charge < -0.3 is 10.6 Å². The zero-order valence-corrected chi connectivity index (χ0v) is 11.5. The molecule has 0 aromatic heterocycles. The van der Waals surface area contributed by atoms with Crippen LogP contribution in [0.4, 0.5) is 11.4 Å². The number of hydrogen-bond donors (Lipinski definition) is 1. The summed E-state index contributed by atoms with van der Waals surface area (Å²) in [5.41, 5.74) is 8.67. The predicted molar refractivity (Wildman–Crippen MR) is 79.4 cm³/mol. The lowest BCUT2D eigenvalue weighted by Crippen LogP contribution is -2.17. The molecular formula is C14H14Cl2N2. The molecule has 0 bridgehead atoms. The van der Waals surface area contributed by atoms with Crippen LogP contribution in [0, 0.1) is 0 Å². The van der Waals surface area contributed by atoms with Crippen LogP contribution in [0.3, 0.4) is 0 Å². The highest BCUT2D eigenvalue weighted by Crippen LogP contribution is 2.30. The van der Waals surface area contributed by atoms with Gasteiger partial charge in [-0.15, -0.1) is 0 Å². The Morgan fingerprint density at radius 3 is 2.39 bits per heavy atom. The number of benzene rings is 2. The van der Waals surface area contributed by atoms with Gasteiger partial charge in [0.25, 0.3) is 0 Å². The second kappa shape index (κ2) is 5.51. The van der Waals surface area contributed by atoms with Gasteiger partial charge in [0.15, 0.2) is 0 Å². The molecule has 0 unspecified atom stereocenters. The van der Waals surface area contributed by atoms with Crippen LogP contribution in [0.1, 0.15) is 5.56 Å². The number of nitrogen functional groups attached to an aromatic ring is 1. The van der Waals surface area contributed by atoms with Gasteiger partial charge in [0, 0.05) is 18.6 Å². The van der Waals surface area contributed by atoms with Gasteiger partial charge >= 0.3 is 0 Å². The second-order valence-corrected chi connectivity index (χ2v) is 5.00. The molecule has 2 aromatic rings. The van der Waals surface area contributed by atoms with Gasteiger partial charge in [-0.05, 0) is 29.8 Å². The van der Waals surface area contributed by atoms with E-state index in [0.29, 0.717) is 10.7 Å². The largest absolute Gasteiger partial charge is 0.396 e. The van der Waals surface area contributed by atoms with Crippen LogP contribution in [0.15, 0.2) is 42.5 Å². The molecule has 18 heavy (non-hydrogen) atoms. The second-order valence-electron chi connectivity index (χ2n) is 4.16. The Morgan fingerprint density at radius 1 is 1.06 bits per heavy atom. The molecule has 94 valence electrons. The molecule has 4 heteroatoms. The maximum absolute atomic E-state index is 6.01. The summed E-state index contributed by atoms with van der Waals surface area (Å²) in [5, 5.41) is 1.32. The smallest absolute Gasteiger partial charge is 0.0741 e. The summed E-state index contributed by atoms with van der Waals surface area (Å²) in [5.74, 6) is 0. The minimum atomic E-state index is 0.579. The third-order valence-electron chi connectivity index (χ3n) is 2.77. The first-order chi connectivity index (χ1) is 8.58. The lowest BCUT2D eigenvalue weighted by atomic mass is 10.2. The molecule has 0 aliphatic heterocycles. The van der Waals surface area contributed by atoms with Crippen molar-refractivity contribution in [3.05, 3.63) is 58.1 Å². The van der Waals surface area contributed by atoms with Crippen molar-refractivity contribution in [2.45, 2.75) is 6.54 Å². The standard InChI is InChI=1S/C14H14Cl2N2/c1-18(9-10-5-7-11(15)8-6-10)13-4-2-3-12(16)14(13)17/h2-8H,9,17H2,1H3. The molecule has 0 aliphatic carbocycles. The van der Waals surface area contributed by atoms with Crippen molar-refractivity contribution in [2.24, 2.45) is 0 Å². The van der Waals surface area contributed by atoms with Crippen molar-refractivity contribution in [2.75, 3.05) is 17.7 Å². The Bertz CT molecular complexity index is 538. The first kappa shape index (κ1) is 13.1. The van der Waals surface area contributed by atoms with E-state index in [-0.39, 0.29) is 0 Å². The summed E-state index contributed by atoms with van der Waals surface area (Å²) in [6.07, 6.45) is 0. The predicted octanol–water partition coefficient (Wildman–Crippen LogP) is 4.21. The van der Waals surface area contributed by atoms with Gasteiger partial charge in [-0.2, -0.15) is 0 Å². The van der Waals surface area contributed by atoms with Crippen LogP contribution < -0.4 is 10.6 Å². The Hall–Kier alpha value is -1.38. The van der Waals surface area contributed by atoms with Gasteiger partial charge in [-0.25, -0.2) is 0 Å². The molecular weight excluding hydrogens is 267 g/mol. The quantitative estimate of drug-likeness (QED) is 0.854. The summed E-state index contributed by atoms with van der Waals surface area (Å²) in [6.45, 7) is 0.752. The van der Waals surface area contributed by atoms with Crippen LogP contribution in [0.25, 0.3) is 0 Å². The lowest BCUT2D eigenvalue weighted by Gasteiger charge is -2.21. The summed E-state index contributed by atoms with van der Waals surface area (Å²) in [7, 11) is 1.98. The number of nitrogens with two attached hydrogens (primary N) is 1.